The molecule has 21 heavy (non-hydrogen) atoms. The van der Waals surface area contributed by atoms with E-state index in [0.717, 1.165) is 6.42 Å². The molecule has 0 atom stereocenters. The third kappa shape index (κ3) is 3.27. The molecule has 0 saturated heterocycles. The largest absolute Gasteiger partial charge is 0.495 e. The van der Waals surface area contributed by atoms with E-state index in [2.05, 4.69) is 9.82 Å². The van der Waals surface area contributed by atoms with Crippen molar-refractivity contribution in [1.82, 2.24) is 9.78 Å². The van der Waals surface area contributed by atoms with Crippen LogP contribution in [0.5, 0.6) is 5.75 Å². The lowest BCUT2D eigenvalue weighted by Crippen LogP contribution is -2.14. The van der Waals surface area contributed by atoms with E-state index in [-0.39, 0.29) is 10.7 Å². The number of nitrogen functional groups attached to an aromatic ring is 1. The fourth-order valence-corrected chi connectivity index (χ4v) is 3.04. The summed E-state index contributed by atoms with van der Waals surface area (Å²) in [6, 6.07) is 6.75. The van der Waals surface area contributed by atoms with Crippen LogP contribution in [-0.2, 0) is 16.6 Å². The second-order valence-electron chi connectivity index (χ2n) is 4.45. The molecule has 0 fully saturated rings. The number of rotatable bonds is 6. The summed E-state index contributed by atoms with van der Waals surface area (Å²) < 4.78 is 33.9. The summed E-state index contributed by atoms with van der Waals surface area (Å²) in [6.45, 7) is 2.58. The van der Waals surface area contributed by atoms with Gasteiger partial charge in [-0.05, 0) is 18.6 Å². The quantitative estimate of drug-likeness (QED) is 0.845. The molecule has 7 nitrogen and oxygen atoms in total. The Kier molecular flexibility index (Phi) is 4.37. The Morgan fingerprint density at radius 2 is 2.10 bits per heavy atom. The van der Waals surface area contributed by atoms with Crippen molar-refractivity contribution in [3.8, 4) is 5.75 Å². The van der Waals surface area contributed by atoms with Gasteiger partial charge < -0.3 is 10.5 Å². The molecule has 0 aliphatic carbocycles. The summed E-state index contributed by atoms with van der Waals surface area (Å²) in [6.07, 6.45) is 2.26. The third-order valence-corrected chi connectivity index (χ3v) is 4.23. The first kappa shape index (κ1) is 15.2. The van der Waals surface area contributed by atoms with Gasteiger partial charge in [0.2, 0.25) is 0 Å². The Bertz CT molecular complexity index is 725. The van der Waals surface area contributed by atoms with E-state index < -0.39 is 10.0 Å². The van der Waals surface area contributed by atoms with Gasteiger partial charge in [-0.2, -0.15) is 5.10 Å². The van der Waals surface area contributed by atoms with Gasteiger partial charge in [0.15, 0.2) is 5.82 Å². The van der Waals surface area contributed by atoms with Gasteiger partial charge in [0.25, 0.3) is 10.0 Å². The summed E-state index contributed by atoms with van der Waals surface area (Å²) in [5.74, 6) is 0.409. The summed E-state index contributed by atoms with van der Waals surface area (Å²) in [5, 5.41) is 3.99. The van der Waals surface area contributed by atoms with Crippen molar-refractivity contribution in [2.45, 2.75) is 24.8 Å². The van der Waals surface area contributed by atoms with E-state index in [1.54, 1.807) is 24.3 Å². The second kappa shape index (κ2) is 6.04. The average Bonchev–Trinajstić information content (AvgIpc) is 2.81. The minimum Gasteiger partial charge on any atom is -0.495 e. The van der Waals surface area contributed by atoms with E-state index in [9.17, 15) is 8.42 Å². The molecular weight excluding hydrogens is 292 g/mol. The molecule has 3 N–H and O–H groups in total. The van der Waals surface area contributed by atoms with Crippen LogP contribution in [0.25, 0.3) is 0 Å². The third-order valence-electron chi connectivity index (χ3n) is 2.85. The Morgan fingerprint density at radius 3 is 2.76 bits per heavy atom. The molecule has 2 rings (SSSR count). The zero-order valence-corrected chi connectivity index (χ0v) is 12.7. The van der Waals surface area contributed by atoms with E-state index in [1.165, 1.54) is 18.0 Å². The van der Waals surface area contributed by atoms with Gasteiger partial charge in [-0.3, -0.25) is 9.40 Å². The standard InChI is InChI=1S/C13H18N4O3S/c1-3-8-17-9-12(13(14)15-17)21(18,19)16-10-6-4-5-7-11(10)20-2/h4-7,9,16H,3,8H2,1-2H3,(H2,14,15). The first-order chi connectivity index (χ1) is 9.97. The highest BCUT2D eigenvalue weighted by molar-refractivity contribution is 7.92. The van der Waals surface area contributed by atoms with Crippen LogP contribution < -0.4 is 15.2 Å². The Morgan fingerprint density at radius 1 is 1.38 bits per heavy atom. The molecule has 1 heterocycles. The molecule has 0 aliphatic rings. The number of nitrogens with zero attached hydrogens (tertiary/aromatic N) is 2. The fourth-order valence-electron chi connectivity index (χ4n) is 1.90. The van der Waals surface area contributed by atoms with Crippen molar-refractivity contribution in [3.05, 3.63) is 30.5 Å². The average molecular weight is 310 g/mol. The van der Waals surface area contributed by atoms with Crippen LogP contribution in [0.3, 0.4) is 0 Å². The van der Waals surface area contributed by atoms with Crippen molar-refractivity contribution in [3.63, 3.8) is 0 Å². The highest BCUT2D eigenvalue weighted by Crippen LogP contribution is 2.27. The molecular formula is C13H18N4O3S. The van der Waals surface area contributed by atoms with Gasteiger partial charge in [-0.15, -0.1) is 0 Å². The molecule has 0 spiro atoms. The van der Waals surface area contributed by atoms with Crippen molar-refractivity contribution in [2.75, 3.05) is 17.6 Å². The maximum Gasteiger partial charge on any atom is 0.267 e. The Balaban J connectivity index is 2.34. The lowest BCUT2D eigenvalue weighted by molar-refractivity contribution is 0.417. The van der Waals surface area contributed by atoms with Crippen LogP contribution in [-0.4, -0.2) is 25.3 Å². The van der Waals surface area contributed by atoms with Crippen LogP contribution in [0.1, 0.15) is 13.3 Å². The Hall–Kier alpha value is -2.22. The van der Waals surface area contributed by atoms with Crippen LogP contribution in [0.4, 0.5) is 11.5 Å². The molecule has 0 radical (unpaired) electrons. The number of ether oxygens (including phenoxy) is 1. The molecule has 0 aliphatic heterocycles. The number of nitrogens with two attached hydrogens (primary N) is 1. The predicted molar refractivity (Wildman–Crippen MR) is 80.7 cm³/mol. The monoisotopic (exact) mass is 310 g/mol. The first-order valence-corrected chi connectivity index (χ1v) is 7.95. The molecule has 0 bridgehead atoms. The molecule has 0 unspecified atom stereocenters. The molecule has 8 heteroatoms. The number of methoxy groups -OCH3 is 1. The van der Waals surface area contributed by atoms with Crippen LogP contribution in [0, 0.1) is 0 Å². The van der Waals surface area contributed by atoms with Crippen molar-refractivity contribution in [1.29, 1.82) is 0 Å². The fraction of sp³-hybridized carbons (Fsp3) is 0.308. The molecule has 0 amide bonds. The van der Waals surface area contributed by atoms with E-state index in [0.29, 0.717) is 18.0 Å². The van der Waals surface area contributed by atoms with E-state index in [4.69, 9.17) is 10.5 Å². The number of hydrogen-bond acceptors (Lipinski definition) is 5. The maximum absolute atomic E-state index is 12.4. The number of hydrogen-bond donors (Lipinski definition) is 2. The highest BCUT2D eigenvalue weighted by Gasteiger charge is 2.22. The molecule has 2 aromatic rings. The normalized spacial score (nSPS) is 11.3. The van der Waals surface area contributed by atoms with Crippen LogP contribution in [0.15, 0.2) is 35.4 Å². The molecule has 0 saturated carbocycles. The van der Waals surface area contributed by atoms with Gasteiger partial charge in [0.1, 0.15) is 10.6 Å². The summed E-state index contributed by atoms with van der Waals surface area (Å²) >= 11 is 0. The summed E-state index contributed by atoms with van der Waals surface area (Å²) in [4.78, 5) is -0.0399. The number of benzene rings is 1. The molecule has 114 valence electrons. The van der Waals surface area contributed by atoms with Crippen molar-refractivity contribution >= 4 is 21.5 Å². The lowest BCUT2D eigenvalue weighted by Gasteiger charge is -2.10. The molecule has 1 aromatic heterocycles. The highest BCUT2D eigenvalue weighted by atomic mass is 32.2. The van der Waals surface area contributed by atoms with Crippen LogP contribution in [0.2, 0.25) is 0 Å². The smallest absolute Gasteiger partial charge is 0.267 e. The second-order valence-corrected chi connectivity index (χ2v) is 6.10. The van der Waals surface area contributed by atoms with Gasteiger partial charge in [0, 0.05) is 12.7 Å². The summed E-state index contributed by atoms with van der Waals surface area (Å²) in [5.41, 5.74) is 6.05. The van der Waals surface area contributed by atoms with Gasteiger partial charge in [0.05, 0.1) is 12.8 Å². The van der Waals surface area contributed by atoms with Crippen LogP contribution >= 0.6 is 0 Å². The minimum absolute atomic E-state index is 0.0224. The maximum atomic E-state index is 12.4. The van der Waals surface area contributed by atoms with Crippen molar-refractivity contribution < 1.29 is 13.2 Å². The van der Waals surface area contributed by atoms with Gasteiger partial charge >= 0.3 is 0 Å². The SMILES string of the molecule is CCCn1cc(S(=O)(=O)Nc2ccccc2OC)c(N)n1. The topological polar surface area (TPSA) is 99.2 Å². The number of para-hydroxylation sites is 2. The number of sulfonamides is 1. The zero-order valence-electron chi connectivity index (χ0n) is 11.9. The van der Waals surface area contributed by atoms with Gasteiger partial charge in [-0.1, -0.05) is 19.1 Å². The molecule has 1 aromatic carbocycles. The lowest BCUT2D eigenvalue weighted by atomic mass is 10.3. The van der Waals surface area contributed by atoms with E-state index >= 15 is 0 Å². The number of aryl methyl sites for hydroxylation is 1. The number of nitrogens with one attached hydrogen (secondary N) is 1. The Labute approximate surface area is 123 Å². The van der Waals surface area contributed by atoms with Gasteiger partial charge in [-0.25, -0.2) is 8.42 Å². The summed E-state index contributed by atoms with van der Waals surface area (Å²) in [7, 11) is -2.34. The zero-order chi connectivity index (χ0) is 15.5. The number of aromatic nitrogens is 2. The number of anilines is 2. The predicted octanol–water partition coefficient (Wildman–Crippen LogP) is 1.68. The van der Waals surface area contributed by atoms with Crippen molar-refractivity contribution in [2.24, 2.45) is 0 Å². The minimum atomic E-state index is -3.81. The first-order valence-electron chi connectivity index (χ1n) is 6.46. The van der Waals surface area contributed by atoms with E-state index in [1.807, 2.05) is 6.92 Å².